The van der Waals surface area contributed by atoms with Gasteiger partial charge in [-0.05, 0) is 13.0 Å². The van der Waals surface area contributed by atoms with Crippen molar-refractivity contribution in [3.63, 3.8) is 0 Å². The van der Waals surface area contributed by atoms with Crippen molar-refractivity contribution in [1.29, 1.82) is 0 Å². The summed E-state index contributed by atoms with van der Waals surface area (Å²) in [5.41, 5.74) is 3.84. The summed E-state index contributed by atoms with van der Waals surface area (Å²) in [6, 6.07) is 7.93. The Morgan fingerprint density at radius 3 is 3.00 bits per heavy atom. The van der Waals surface area contributed by atoms with E-state index < -0.39 is 0 Å². The molecule has 0 saturated carbocycles. The molecule has 2 rings (SSSR count). The lowest BCUT2D eigenvalue weighted by atomic mass is 10.2. The normalized spacial score (nSPS) is 24.0. The van der Waals surface area contributed by atoms with E-state index in [-0.39, 0.29) is 18.2 Å². The standard InChI is InChI=1S/C12H15BrN4O/c1-8-6-11(18)16-12(15-8)17-14-7-9-4-2-3-5-10(9)13/h2-5,7-8,12,15,17H,6H2,1H3,(H,16,18)/b14-7+. The van der Waals surface area contributed by atoms with Crippen LogP contribution >= 0.6 is 15.9 Å². The number of carbonyl (C=O) groups excluding carboxylic acids is 1. The highest BCUT2D eigenvalue weighted by molar-refractivity contribution is 9.10. The molecule has 0 spiro atoms. The molecule has 1 aliphatic heterocycles. The van der Waals surface area contributed by atoms with E-state index in [0.29, 0.717) is 6.42 Å². The topological polar surface area (TPSA) is 65.5 Å². The Hall–Kier alpha value is -1.40. The summed E-state index contributed by atoms with van der Waals surface area (Å²) in [6.07, 6.45) is 1.88. The molecule has 1 aromatic rings. The number of amides is 1. The molecule has 0 aliphatic carbocycles. The van der Waals surface area contributed by atoms with Gasteiger partial charge in [0.1, 0.15) is 0 Å². The fourth-order valence-corrected chi connectivity index (χ4v) is 2.10. The Kier molecular flexibility index (Phi) is 4.33. The average Bonchev–Trinajstić information content (AvgIpc) is 2.30. The molecular weight excluding hydrogens is 296 g/mol. The quantitative estimate of drug-likeness (QED) is 0.580. The summed E-state index contributed by atoms with van der Waals surface area (Å²) >= 11 is 3.44. The number of hydrogen-bond donors (Lipinski definition) is 3. The van der Waals surface area contributed by atoms with Gasteiger partial charge in [0.15, 0.2) is 6.29 Å². The number of halogens is 1. The van der Waals surface area contributed by atoms with Crippen LogP contribution in [0.2, 0.25) is 0 Å². The highest BCUT2D eigenvalue weighted by atomic mass is 79.9. The summed E-state index contributed by atoms with van der Waals surface area (Å²) in [5.74, 6) is 0.0230. The molecule has 1 aliphatic rings. The Morgan fingerprint density at radius 2 is 2.28 bits per heavy atom. The monoisotopic (exact) mass is 310 g/mol. The fourth-order valence-electron chi connectivity index (χ4n) is 1.71. The second-order valence-electron chi connectivity index (χ2n) is 4.18. The number of hydrogen-bond acceptors (Lipinski definition) is 4. The number of benzene rings is 1. The highest BCUT2D eigenvalue weighted by Crippen LogP contribution is 2.13. The van der Waals surface area contributed by atoms with E-state index in [1.165, 1.54) is 0 Å². The van der Waals surface area contributed by atoms with Crippen molar-refractivity contribution in [3.8, 4) is 0 Å². The van der Waals surface area contributed by atoms with Gasteiger partial charge in [0.2, 0.25) is 5.91 Å². The molecule has 96 valence electrons. The van der Waals surface area contributed by atoms with Gasteiger partial charge in [-0.2, -0.15) is 5.10 Å². The van der Waals surface area contributed by atoms with Crippen molar-refractivity contribution in [2.45, 2.75) is 25.7 Å². The largest absolute Gasteiger partial charge is 0.322 e. The molecule has 6 heteroatoms. The average molecular weight is 311 g/mol. The van der Waals surface area contributed by atoms with E-state index in [2.05, 4.69) is 37.1 Å². The third-order valence-electron chi connectivity index (χ3n) is 2.56. The van der Waals surface area contributed by atoms with Crippen LogP contribution in [0.4, 0.5) is 0 Å². The number of carbonyl (C=O) groups is 1. The lowest BCUT2D eigenvalue weighted by Gasteiger charge is -2.28. The van der Waals surface area contributed by atoms with Crippen LogP contribution in [0.25, 0.3) is 0 Å². The zero-order valence-corrected chi connectivity index (χ0v) is 11.6. The van der Waals surface area contributed by atoms with Crippen LogP contribution < -0.4 is 16.1 Å². The second-order valence-corrected chi connectivity index (χ2v) is 5.04. The lowest BCUT2D eigenvalue weighted by Crippen LogP contribution is -2.60. The van der Waals surface area contributed by atoms with Crippen LogP contribution in [0.5, 0.6) is 0 Å². The molecule has 0 aromatic heterocycles. The van der Waals surface area contributed by atoms with Crippen LogP contribution in [-0.2, 0) is 4.79 Å². The van der Waals surface area contributed by atoms with Crippen LogP contribution in [-0.4, -0.2) is 24.5 Å². The third-order valence-corrected chi connectivity index (χ3v) is 3.28. The minimum atomic E-state index is -0.319. The van der Waals surface area contributed by atoms with Gasteiger partial charge in [-0.1, -0.05) is 34.1 Å². The van der Waals surface area contributed by atoms with E-state index in [4.69, 9.17) is 0 Å². The summed E-state index contributed by atoms with van der Waals surface area (Å²) in [6.45, 7) is 1.96. The van der Waals surface area contributed by atoms with Crippen molar-refractivity contribution in [2.75, 3.05) is 0 Å². The third kappa shape index (κ3) is 3.54. The van der Waals surface area contributed by atoms with Crippen molar-refractivity contribution in [1.82, 2.24) is 16.1 Å². The Bertz CT molecular complexity index is 463. The summed E-state index contributed by atoms with van der Waals surface area (Å²) < 4.78 is 0.976. The van der Waals surface area contributed by atoms with Gasteiger partial charge in [0, 0.05) is 22.5 Å². The first-order valence-corrected chi connectivity index (χ1v) is 6.53. The Labute approximate surface area is 114 Å². The van der Waals surface area contributed by atoms with Gasteiger partial charge < -0.3 is 5.32 Å². The zero-order chi connectivity index (χ0) is 13.0. The van der Waals surface area contributed by atoms with Gasteiger partial charge in [0.05, 0.1) is 6.21 Å². The van der Waals surface area contributed by atoms with Crippen molar-refractivity contribution in [2.24, 2.45) is 5.10 Å². The predicted molar refractivity (Wildman–Crippen MR) is 74.0 cm³/mol. The highest BCUT2D eigenvalue weighted by Gasteiger charge is 2.21. The van der Waals surface area contributed by atoms with Crippen LogP contribution in [0.3, 0.4) is 0 Å². The van der Waals surface area contributed by atoms with Gasteiger partial charge in [-0.3, -0.25) is 15.5 Å². The molecule has 3 N–H and O–H groups in total. The molecule has 1 aromatic carbocycles. The lowest BCUT2D eigenvalue weighted by molar-refractivity contribution is -0.124. The Morgan fingerprint density at radius 1 is 1.50 bits per heavy atom. The van der Waals surface area contributed by atoms with Gasteiger partial charge in [-0.25, -0.2) is 0 Å². The van der Waals surface area contributed by atoms with Crippen molar-refractivity contribution in [3.05, 3.63) is 34.3 Å². The van der Waals surface area contributed by atoms with Crippen LogP contribution in [0.15, 0.2) is 33.8 Å². The fraction of sp³-hybridized carbons (Fsp3) is 0.333. The van der Waals surface area contributed by atoms with Gasteiger partial charge >= 0.3 is 0 Å². The number of nitrogens with zero attached hydrogens (tertiary/aromatic N) is 1. The molecule has 5 nitrogen and oxygen atoms in total. The van der Waals surface area contributed by atoms with Gasteiger partial charge in [0.25, 0.3) is 0 Å². The maximum Gasteiger partial charge on any atom is 0.224 e. The first-order chi connectivity index (χ1) is 8.65. The van der Waals surface area contributed by atoms with E-state index in [1.54, 1.807) is 6.21 Å². The Balaban J connectivity index is 1.91. The molecule has 1 fully saturated rings. The maximum absolute atomic E-state index is 11.3. The van der Waals surface area contributed by atoms with E-state index >= 15 is 0 Å². The molecule has 0 radical (unpaired) electrons. The molecule has 1 saturated heterocycles. The smallest absolute Gasteiger partial charge is 0.224 e. The van der Waals surface area contributed by atoms with E-state index in [0.717, 1.165) is 10.0 Å². The second kappa shape index (κ2) is 5.97. The van der Waals surface area contributed by atoms with Crippen LogP contribution in [0.1, 0.15) is 18.9 Å². The zero-order valence-electron chi connectivity index (χ0n) is 9.98. The molecule has 18 heavy (non-hydrogen) atoms. The van der Waals surface area contributed by atoms with Crippen molar-refractivity contribution >= 4 is 28.1 Å². The van der Waals surface area contributed by atoms with Gasteiger partial charge in [-0.15, -0.1) is 0 Å². The predicted octanol–water partition coefficient (Wildman–Crippen LogP) is 1.15. The van der Waals surface area contributed by atoms with Crippen LogP contribution in [0, 0.1) is 0 Å². The summed E-state index contributed by atoms with van der Waals surface area (Å²) in [5, 5.41) is 10.1. The summed E-state index contributed by atoms with van der Waals surface area (Å²) in [4.78, 5) is 11.3. The SMILES string of the molecule is CC1CC(=O)NC(N/N=C/c2ccccc2Br)N1. The minimum absolute atomic E-state index is 0.0230. The molecule has 0 bridgehead atoms. The maximum atomic E-state index is 11.3. The molecule has 2 atom stereocenters. The number of hydrazone groups is 1. The number of nitrogens with one attached hydrogen (secondary N) is 3. The molecular formula is C12H15BrN4O. The first kappa shape index (κ1) is 13.0. The van der Waals surface area contributed by atoms with E-state index in [1.807, 2.05) is 31.2 Å². The molecule has 2 unspecified atom stereocenters. The van der Waals surface area contributed by atoms with Crippen molar-refractivity contribution < 1.29 is 4.79 Å². The number of rotatable bonds is 3. The summed E-state index contributed by atoms with van der Waals surface area (Å²) in [7, 11) is 0. The first-order valence-electron chi connectivity index (χ1n) is 5.73. The molecule has 1 amide bonds. The van der Waals surface area contributed by atoms with E-state index in [9.17, 15) is 4.79 Å². The molecule has 1 heterocycles. The minimum Gasteiger partial charge on any atom is -0.322 e.